The molecule has 0 fully saturated rings. The van der Waals surface area contributed by atoms with Crippen molar-refractivity contribution in [3.63, 3.8) is 0 Å². The average molecular weight is 291 g/mol. The first-order valence-electron chi connectivity index (χ1n) is 6.30. The first-order chi connectivity index (χ1) is 9.69. The lowest BCUT2D eigenvalue weighted by Gasteiger charge is -2.07. The van der Waals surface area contributed by atoms with E-state index in [1.807, 2.05) is 31.2 Å². The number of benzene rings is 1. The van der Waals surface area contributed by atoms with Crippen molar-refractivity contribution in [3.05, 3.63) is 58.9 Å². The molecule has 0 saturated carbocycles. The van der Waals surface area contributed by atoms with Crippen LogP contribution in [-0.2, 0) is 6.54 Å². The number of halogens is 1. The third-order valence-electron chi connectivity index (χ3n) is 2.65. The van der Waals surface area contributed by atoms with E-state index in [1.54, 1.807) is 12.1 Å². The molecular formula is C15H15ClN2O2. The first kappa shape index (κ1) is 14.3. The fourth-order valence-electron chi connectivity index (χ4n) is 1.71. The van der Waals surface area contributed by atoms with Gasteiger partial charge in [0.05, 0.1) is 12.2 Å². The molecule has 104 valence electrons. The van der Waals surface area contributed by atoms with Gasteiger partial charge in [0.15, 0.2) is 0 Å². The number of carbonyl (C=O) groups is 1. The number of pyridine rings is 1. The molecule has 0 aliphatic carbocycles. The van der Waals surface area contributed by atoms with Crippen molar-refractivity contribution in [2.45, 2.75) is 13.5 Å². The maximum absolute atomic E-state index is 11.9. The Labute approximate surface area is 122 Å². The Bertz CT molecular complexity index is 585. The topological polar surface area (TPSA) is 51.2 Å². The summed E-state index contributed by atoms with van der Waals surface area (Å²) in [5.74, 6) is 0.614. The van der Waals surface area contributed by atoms with Crippen LogP contribution in [0.1, 0.15) is 22.8 Å². The first-order valence-corrected chi connectivity index (χ1v) is 6.68. The molecule has 1 N–H and O–H groups in total. The summed E-state index contributed by atoms with van der Waals surface area (Å²) >= 11 is 5.68. The minimum Gasteiger partial charge on any atom is -0.494 e. The highest BCUT2D eigenvalue weighted by atomic mass is 35.5. The van der Waals surface area contributed by atoms with E-state index in [4.69, 9.17) is 16.3 Å². The van der Waals surface area contributed by atoms with E-state index in [9.17, 15) is 4.79 Å². The van der Waals surface area contributed by atoms with Gasteiger partial charge >= 0.3 is 0 Å². The van der Waals surface area contributed by atoms with Crippen molar-refractivity contribution in [1.82, 2.24) is 10.3 Å². The summed E-state index contributed by atoms with van der Waals surface area (Å²) in [6, 6.07) is 10.9. The van der Waals surface area contributed by atoms with Gasteiger partial charge in [-0.25, -0.2) is 4.98 Å². The van der Waals surface area contributed by atoms with Gasteiger partial charge < -0.3 is 10.1 Å². The lowest BCUT2D eigenvalue weighted by molar-refractivity contribution is 0.0950. The van der Waals surface area contributed by atoms with Crippen LogP contribution in [0.2, 0.25) is 5.15 Å². The standard InChI is InChI=1S/C15H15ClN2O2/c1-2-20-13-5-3-4-11(8-13)9-18-15(19)12-6-7-14(16)17-10-12/h3-8,10H,2,9H2,1H3,(H,18,19). The highest BCUT2D eigenvalue weighted by Gasteiger charge is 2.06. The minimum absolute atomic E-state index is 0.184. The Kier molecular flexibility index (Phi) is 4.96. The normalized spacial score (nSPS) is 10.1. The number of amides is 1. The molecule has 0 unspecified atom stereocenters. The largest absolute Gasteiger partial charge is 0.494 e. The fraction of sp³-hybridized carbons (Fsp3) is 0.200. The average Bonchev–Trinajstić information content (AvgIpc) is 2.46. The van der Waals surface area contributed by atoms with Crippen molar-refractivity contribution < 1.29 is 9.53 Å². The van der Waals surface area contributed by atoms with E-state index in [2.05, 4.69) is 10.3 Å². The molecule has 0 aliphatic rings. The number of hydrogen-bond acceptors (Lipinski definition) is 3. The Morgan fingerprint density at radius 2 is 2.20 bits per heavy atom. The third kappa shape index (κ3) is 3.96. The molecule has 0 radical (unpaired) electrons. The highest BCUT2D eigenvalue weighted by molar-refractivity contribution is 6.29. The van der Waals surface area contributed by atoms with Crippen LogP contribution in [-0.4, -0.2) is 17.5 Å². The van der Waals surface area contributed by atoms with Crippen LogP contribution in [0.3, 0.4) is 0 Å². The molecule has 1 aromatic heterocycles. The SMILES string of the molecule is CCOc1cccc(CNC(=O)c2ccc(Cl)nc2)c1. The molecule has 0 atom stereocenters. The van der Waals surface area contributed by atoms with E-state index >= 15 is 0 Å². The summed E-state index contributed by atoms with van der Waals surface area (Å²) in [5, 5.41) is 3.19. The maximum Gasteiger partial charge on any atom is 0.253 e. The molecule has 0 spiro atoms. The van der Waals surface area contributed by atoms with Gasteiger partial charge in [0.1, 0.15) is 10.9 Å². The van der Waals surface area contributed by atoms with Crippen molar-refractivity contribution in [1.29, 1.82) is 0 Å². The number of nitrogens with zero attached hydrogens (tertiary/aromatic N) is 1. The van der Waals surface area contributed by atoms with Gasteiger partial charge in [-0.15, -0.1) is 0 Å². The van der Waals surface area contributed by atoms with Gasteiger partial charge in [-0.05, 0) is 36.8 Å². The summed E-state index contributed by atoms with van der Waals surface area (Å²) in [5.41, 5.74) is 1.46. The van der Waals surface area contributed by atoms with Crippen LogP contribution in [0, 0.1) is 0 Å². The molecule has 5 heteroatoms. The van der Waals surface area contributed by atoms with Crippen molar-refractivity contribution in [2.75, 3.05) is 6.61 Å². The predicted molar refractivity (Wildman–Crippen MR) is 78.0 cm³/mol. The number of rotatable bonds is 5. The number of carbonyl (C=O) groups excluding carboxylic acids is 1. The molecule has 0 aliphatic heterocycles. The van der Waals surface area contributed by atoms with Gasteiger partial charge in [0.25, 0.3) is 5.91 Å². The minimum atomic E-state index is -0.184. The predicted octanol–water partition coefficient (Wildman–Crippen LogP) is 3.06. The van der Waals surface area contributed by atoms with Gasteiger partial charge in [-0.3, -0.25) is 4.79 Å². The van der Waals surface area contributed by atoms with Crippen LogP contribution in [0.5, 0.6) is 5.75 Å². The van der Waals surface area contributed by atoms with E-state index in [0.29, 0.717) is 23.9 Å². The second-order valence-electron chi connectivity index (χ2n) is 4.13. The second-order valence-corrected chi connectivity index (χ2v) is 4.52. The molecule has 2 aromatic rings. The third-order valence-corrected chi connectivity index (χ3v) is 2.88. The summed E-state index contributed by atoms with van der Waals surface area (Å²) in [6.07, 6.45) is 1.45. The van der Waals surface area contributed by atoms with Crippen LogP contribution >= 0.6 is 11.6 Å². The van der Waals surface area contributed by atoms with Gasteiger partial charge in [0, 0.05) is 12.7 Å². The van der Waals surface area contributed by atoms with Gasteiger partial charge in [0.2, 0.25) is 0 Å². The van der Waals surface area contributed by atoms with E-state index in [0.717, 1.165) is 11.3 Å². The lowest BCUT2D eigenvalue weighted by Crippen LogP contribution is -2.22. The number of aromatic nitrogens is 1. The Balaban J connectivity index is 1.96. The number of nitrogens with one attached hydrogen (secondary N) is 1. The highest BCUT2D eigenvalue weighted by Crippen LogP contribution is 2.13. The smallest absolute Gasteiger partial charge is 0.253 e. The van der Waals surface area contributed by atoms with E-state index in [-0.39, 0.29) is 5.91 Å². The lowest BCUT2D eigenvalue weighted by atomic mass is 10.2. The van der Waals surface area contributed by atoms with Crippen LogP contribution in [0.25, 0.3) is 0 Å². The van der Waals surface area contributed by atoms with E-state index in [1.165, 1.54) is 6.20 Å². The summed E-state index contributed by atoms with van der Waals surface area (Å²) in [7, 11) is 0. The van der Waals surface area contributed by atoms with Crippen molar-refractivity contribution in [2.24, 2.45) is 0 Å². The molecule has 1 amide bonds. The summed E-state index contributed by atoms with van der Waals surface area (Å²) < 4.78 is 5.41. The van der Waals surface area contributed by atoms with E-state index < -0.39 is 0 Å². The van der Waals surface area contributed by atoms with Gasteiger partial charge in [-0.2, -0.15) is 0 Å². The Morgan fingerprint density at radius 1 is 1.35 bits per heavy atom. The monoisotopic (exact) mass is 290 g/mol. The van der Waals surface area contributed by atoms with Crippen molar-refractivity contribution in [3.8, 4) is 5.75 Å². The molecule has 1 heterocycles. The van der Waals surface area contributed by atoms with Crippen molar-refractivity contribution >= 4 is 17.5 Å². The second kappa shape index (κ2) is 6.91. The zero-order chi connectivity index (χ0) is 14.4. The molecular weight excluding hydrogens is 276 g/mol. The molecule has 20 heavy (non-hydrogen) atoms. The number of hydrogen-bond donors (Lipinski definition) is 1. The van der Waals surface area contributed by atoms with Gasteiger partial charge in [-0.1, -0.05) is 23.7 Å². The molecule has 4 nitrogen and oxygen atoms in total. The maximum atomic E-state index is 11.9. The molecule has 0 bridgehead atoms. The summed E-state index contributed by atoms with van der Waals surface area (Å²) in [4.78, 5) is 15.8. The number of ether oxygens (including phenoxy) is 1. The van der Waals surface area contributed by atoms with Crippen LogP contribution < -0.4 is 10.1 Å². The molecule has 1 aromatic carbocycles. The fourth-order valence-corrected chi connectivity index (χ4v) is 1.82. The zero-order valence-electron chi connectivity index (χ0n) is 11.1. The zero-order valence-corrected chi connectivity index (χ0v) is 11.9. The Hall–Kier alpha value is -2.07. The Morgan fingerprint density at radius 3 is 2.90 bits per heavy atom. The molecule has 2 rings (SSSR count). The van der Waals surface area contributed by atoms with Crippen LogP contribution in [0.4, 0.5) is 0 Å². The quantitative estimate of drug-likeness (QED) is 0.861. The summed E-state index contributed by atoms with van der Waals surface area (Å²) in [6.45, 7) is 2.98. The molecule has 0 saturated heterocycles. The van der Waals surface area contributed by atoms with Crippen LogP contribution in [0.15, 0.2) is 42.6 Å².